The molecule has 0 unspecified atom stereocenters. The fourth-order valence-electron chi connectivity index (χ4n) is 1.54. The van der Waals surface area contributed by atoms with Crippen molar-refractivity contribution in [1.29, 1.82) is 0 Å². The van der Waals surface area contributed by atoms with Crippen molar-refractivity contribution in [3.8, 4) is 0 Å². The average Bonchev–Trinajstić information content (AvgIpc) is 2.48. The Bertz CT molecular complexity index is 681. The number of aldehydes is 1. The Hall–Kier alpha value is -2.12. The third-order valence-electron chi connectivity index (χ3n) is 2.48. The molecule has 0 aliphatic rings. The molecule has 0 aliphatic heterocycles. The van der Waals surface area contributed by atoms with E-state index in [1.165, 1.54) is 18.0 Å². The Morgan fingerprint density at radius 2 is 2.29 bits per heavy atom. The summed E-state index contributed by atoms with van der Waals surface area (Å²) in [4.78, 5) is 30.4. The van der Waals surface area contributed by atoms with Gasteiger partial charge < -0.3 is 10.4 Å². The zero-order chi connectivity index (χ0) is 15.2. The van der Waals surface area contributed by atoms with E-state index in [2.05, 4.69) is 15.3 Å². The van der Waals surface area contributed by atoms with E-state index in [0.29, 0.717) is 27.3 Å². The Labute approximate surface area is 129 Å². The zero-order valence-electron chi connectivity index (χ0n) is 10.6. The van der Waals surface area contributed by atoms with Crippen molar-refractivity contribution in [2.24, 2.45) is 0 Å². The zero-order valence-corrected chi connectivity index (χ0v) is 12.2. The van der Waals surface area contributed by atoms with Crippen molar-refractivity contribution in [2.75, 3.05) is 0 Å². The van der Waals surface area contributed by atoms with E-state index in [1.54, 1.807) is 24.4 Å². The molecular formula is C13H10ClN3O3S. The summed E-state index contributed by atoms with van der Waals surface area (Å²) in [6, 6.07) is 4.89. The molecule has 8 heteroatoms. The largest absolute Gasteiger partial charge is 0.465 e. The number of pyridine rings is 2. The second kappa shape index (κ2) is 7.05. The van der Waals surface area contributed by atoms with Crippen LogP contribution in [0, 0.1) is 0 Å². The lowest BCUT2D eigenvalue weighted by atomic mass is 10.3. The average molecular weight is 324 g/mol. The van der Waals surface area contributed by atoms with Gasteiger partial charge in [0.05, 0.1) is 0 Å². The van der Waals surface area contributed by atoms with Gasteiger partial charge in [0.15, 0.2) is 6.29 Å². The number of carbonyl (C=O) groups excluding carboxylic acids is 1. The van der Waals surface area contributed by atoms with Gasteiger partial charge in [-0.3, -0.25) is 4.79 Å². The molecule has 0 aliphatic carbocycles. The van der Waals surface area contributed by atoms with Gasteiger partial charge in [0.1, 0.15) is 10.2 Å². The first-order chi connectivity index (χ1) is 10.1. The summed E-state index contributed by atoms with van der Waals surface area (Å²) >= 11 is 7.06. The third kappa shape index (κ3) is 4.17. The fourth-order valence-corrected chi connectivity index (χ4v) is 2.64. The van der Waals surface area contributed by atoms with Crippen LogP contribution in [0.25, 0.3) is 0 Å². The Balaban J connectivity index is 2.30. The molecule has 0 bridgehead atoms. The second-order valence-electron chi connectivity index (χ2n) is 3.89. The van der Waals surface area contributed by atoms with Gasteiger partial charge in [0, 0.05) is 29.4 Å². The second-order valence-corrected chi connectivity index (χ2v) is 5.31. The van der Waals surface area contributed by atoms with E-state index in [9.17, 15) is 9.59 Å². The van der Waals surface area contributed by atoms with E-state index in [-0.39, 0.29) is 11.7 Å². The van der Waals surface area contributed by atoms with Gasteiger partial charge in [0.25, 0.3) is 0 Å². The minimum Gasteiger partial charge on any atom is -0.465 e. The van der Waals surface area contributed by atoms with Crippen LogP contribution in [0.4, 0.5) is 4.79 Å². The quantitative estimate of drug-likeness (QED) is 0.649. The van der Waals surface area contributed by atoms with Crippen LogP contribution >= 0.6 is 23.4 Å². The van der Waals surface area contributed by atoms with Crippen LogP contribution in [0.5, 0.6) is 0 Å². The highest BCUT2D eigenvalue weighted by molar-refractivity contribution is 7.99. The van der Waals surface area contributed by atoms with Crippen molar-refractivity contribution in [1.82, 2.24) is 15.3 Å². The third-order valence-corrected chi connectivity index (χ3v) is 3.81. The van der Waals surface area contributed by atoms with Gasteiger partial charge in [-0.15, -0.1) is 0 Å². The van der Waals surface area contributed by atoms with Crippen LogP contribution in [-0.4, -0.2) is 27.5 Å². The summed E-state index contributed by atoms with van der Waals surface area (Å²) in [7, 11) is 0. The minimum atomic E-state index is -1.13. The highest BCUT2D eigenvalue weighted by Crippen LogP contribution is 2.31. The van der Waals surface area contributed by atoms with Crippen molar-refractivity contribution < 1.29 is 14.7 Å². The molecule has 21 heavy (non-hydrogen) atoms. The van der Waals surface area contributed by atoms with Crippen LogP contribution in [0.15, 0.2) is 40.5 Å². The van der Waals surface area contributed by atoms with Gasteiger partial charge in [-0.2, -0.15) is 0 Å². The van der Waals surface area contributed by atoms with Crippen LogP contribution < -0.4 is 5.32 Å². The van der Waals surface area contributed by atoms with E-state index in [4.69, 9.17) is 16.7 Å². The lowest BCUT2D eigenvalue weighted by Gasteiger charge is -2.09. The molecule has 2 aromatic heterocycles. The summed E-state index contributed by atoms with van der Waals surface area (Å²) in [5, 5.41) is 11.7. The smallest absolute Gasteiger partial charge is 0.404 e. The van der Waals surface area contributed by atoms with Crippen molar-refractivity contribution >= 4 is 35.7 Å². The SMILES string of the molecule is O=Cc1cccnc1Sc1cnc(Cl)cc1CNC(=O)O. The van der Waals surface area contributed by atoms with Gasteiger partial charge >= 0.3 is 6.09 Å². The predicted octanol–water partition coefficient (Wildman–Crippen LogP) is 2.86. The molecule has 108 valence electrons. The maximum Gasteiger partial charge on any atom is 0.404 e. The highest BCUT2D eigenvalue weighted by atomic mass is 35.5. The molecule has 1 amide bonds. The van der Waals surface area contributed by atoms with Crippen molar-refractivity contribution in [3.05, 3.63) is 46.9 Å². The summed E-state index contributed by atoms with van der Waals surface area (Å²) in [5.74, 6) is 0. The fraction of sp³-hybridized carbons (Fsp3) is 0.0769. The highest BCUT2D eigenvalue weighted by Gasteiger charge is 2.11. The maximum atomic E-state index is 11.0. The van der Waals surface area contributed by atoms with Gasteiger partial charge in [-0.25, -0.2) is 14.8 Å². The first-order valence-electron chi connectivity index (χ1n) is 5.79. The lowest BCUT2D eigenvalue weighted by Crippen LogP contribution is -2.20. The molecule has 2 heterocycles. The summed E-state index contributed by atoms with van der Waals surface area (Å²) in [6.45, 7) is 0.0865. The Morgan fingerprint density at radius 1 is 1.48 bits per heavy atom. The number of nitrogens with zero attached hydrogens (tertiary/aromatic N) is 2. The molecule has 0 saturated carbocycles. The standard InChI is InChI=1S/C13H10ClN3O3S/c14-11-4-9(5-17-13(19)20)10(6-16-11)21-12-8(7-18)2-1-3-15-12/h1-4,6-7,17H,5H2,(H,19,20). The monoisotopic (exact) mass is 323 g/mol. The molecule has 0 spiro atoms. The van der Waals surface area contributed by atoms with Crippen LogP contribution in [0.2, 0.25) is 5.15 Å². The number of rotatable bonds is 5. The first kappa shape index (κ1) is 15.3. The van der Waals surface area contributed by atoms with Crippen molar-refractivity contribution in [3.63, 3.8) is 0 Å². The molecule has 6 nitrogen and oxygen atoms in total. The van der Waals surface area contributed by atoms with E-state index in [0.717, 1.165) is 0 Å². The topological polar surface area (TPSA) is 92.2 Å². The van der Waals surface area contributed by atoms with Gasteiger partial charge in [-0.05, 0) is 23.8 Å². The van der Waals surface area contributed by atoms with E-state index in [1.807, 2.05) is 0 Å². The molecule has 0 radical (unpaired) electrons. The number of carbonyl (C=O) groups is 2. The first-order valence-corrected chi connectivity index (χ1v) is 6.99. The van der Waals surface area contributed by atoms with E-state index < -0.39 is 6.09 Å². The molecule has 0 atom stereocenters. The van der Waals surface area contributed by atoms with Gasteiger partial charge in [-0.1, -0.05) is 23.4 Å². The van der Waals surface area contributed by atoms with Crippen LogP contribution in [0.3, 0.4) is 0 Å². The minimum absolute atomic E-state index is 0.0865. The number of hydrogen-bond acceptors (Lipinski definition) is 5. The summed E-state index contributed by atoms with van der Waals surface area (Å²) < 4.78 is 0. The molecule has 0 aromatic carbocycles. The number of aromatic nitrogens is 2. The number of amides is 1. The molecule has 0 saturated heterocycles. The Morgan fingerprint density at radius 3 is 3.00 bits per heavy atom. The number of nitrogens with one attached hydrogen (secondary N) is 1. The lowest BCUT2D eigenvalue weighted by molar-refractivity contribution is 0.112. The van der Waals surface area contributed by atoms with Crippen LogP contribution in [-0.2, 0) is 6.54 Å². The summed E-state index contributed by atoms with van der Waals surface area (Å²) in [6.07, 6.45) is 2.68. The van der Waals surface area contributed by atoms with Crippen molar-refractivity contribution in [2.45, 2.75) is 16.5 Å². The maximum absolute atomic E-state index is 11.0. The van der Waals surface area contributed by atoms with Crippen LogP contribution in [0.1, 0.15) is 15.9 Å². The van der Waals surface area contributed by atoms with Gasteiger partial charge in [0.2, 0.25) is 0 Å². The molecule has 2 aromatic rings. The normalized spacial score (nSPS) is 10.1. The molecular weight excluding hydrogens is 314 g/mol. The Kier molecular flexibility index (Phi) is 5.13. The molecule has 2 N–H and O–H groups in total. The number of carboxylic acid groups (broad SMARTS) is 1. The molecule has 2 rings (SSSR count). The number of halogens is 1. The van der Waals surface area contributed by atoms with E-state index >= 15 is 0 Å². The molecule has 0 fully saturated rings. The predicted molar refractivity (Wildman–Crippen MR) is 77.9 cm³/mol. The summed E-state index contributed by atoms with van der Waals surface area (Å²) in [5.41, 5.74) is 1.11. The number of hydrogen-bond donors (Lipinski definition) is 2.